The van der Waals surface area contributed by atoms with Crippen molar-refractivity contribution in [1.82, 2.24) is 9.55 Å². The molecule has 3 aromatic carbocycles. The van der Waals surface area contributed by atoms with E-state index in [1.165, 1.54) is 24.3 Å². The molecule has 2 heterocycles. The fourth-order valence-electron chi connectivity index (χ4n) is 3.95. The van der Waals surface area contributed by atoms with E-state index in [9.17, 15) is 9.18 Å². The Morgan fingerprint density at radius 2 is 1.77 bits per heavy atom. The van der Waals surface area contributed by atoms with Gasteiger partial charge in [-0.25, -0.2) is 9.37 Å². The molecule has 0 aliphatic carbocycles. The number of allylic oxidation sites excluding steroid dienone is 1. The molecule has 0 unspecified atom stereocenters. The summed E-state index contributed by atoms with van der Waals surface area (Å²) in [5.41, 5.74) is 4.40. The predicted octanol–water partition coefficient (Wildman–Crippen LogP) is 5.76. The second-order valence-electron chi connectivity index (χ2n) is 7.37. The third kappa shape index (κ3) is 3.45. The average molecular weight is 433 g/mol. The van der Waals surface area contributed by atoms with E-state index in [1.54, 1.807) is 0 Å². The predicted molar refractivity (Wildman–Crippen MR) is 121 cm³/mol. The smallest absolute Gasteiger partial charge is 0.255 e. The van der Waals surface area contributed by atoms with Crippen molar-refractivity contribution in [3.63, 3.8) is 0 Å². The first-order valence-electron chi connectivity index (χ1n) is 9.78. The number of benzene rings is 3. The standard InChI is InChI=1S/C24H18ClFN4O/c1-14-21(23(31)28-18-12-10-17(26)11-13-18)22(15-6-8-16(25)9-7-15)30-20-5-3-2-4-19(20)29-24(30)27-14/h2-13,22H,1H3,(H,27,29)(H,28,31)/t22-/m0/s1. The number of halogens is 2. The van der Waals surface area contributed by atoms with Gasteiger partial charge in [-0.2, -0.15) is 0 Å². The topological polar surface area (TPSA) is 59.0 Å². The molecule has 0 spiro atoms. The minimum atomic E-state index is -0.415. The summed E-state index contributed by atoms with van der Waals surface area (Å²) in [5.74, 6) is 0.0262. The Morgan fingerprint density at radius 1 is 1.06 bits per heavy atom. The maximum Gasteiger partial charge on any atom is 0.255 e. The van der Waals surface area contributed by atoms with Crippen LogP contribution in [0.2, 0.25) is 5.02 Å². The molecule has 1 aliphatic rings. The van der Waals surface area contributed by atoms with Crippen molar-refractivity contribution >= 4 is 40.2 Å². The lowest BCUT2D eigenvalue weighted by Crippen LogP contribution is -2.30. The van der Waals surface area contributed by atoms with E-state index >= 15 is 0 Å². The Balaban J connectivity index is 1.65. The number of imidazole rings is 1. The molecule has 31 heavy (non-hydrogen) atoms. The van der Waals surface area contributed by atoms with Crippen LogP contribution < -0.4 is 10.6 Å². The summed E-state index contributed by atoms with van der Waals surface area (Å²) < 4.78 is 15.3. The highest BCUT2D eigenvalue weighted by Crippen LogP contribution is 2.39. The largest absolute Gasteiger partial charge is 0.329 e. The molecule has 5 nitrogen and oxygen atoms in total. The SMILES string of the molecule is CC1=C(C(=O)Nc2ccc(F)cc2)[C@H](c2ccc(Cl)cc2)n2c(nc3ccccc32)N1. The van der Waals surface area contributed by atoms with Gasteiger partial charge in [0.25, 0.3) is 5.91 Å². The molecular formula is C24H18ClFN4O. The second kappa shape index (κ2) is 7.56. The molecule has 1 atom stereocenters. The summed E-state index contributed by atoms with van der Waals surface area (Å²) in [6.07, 6.45) is 0. The van der Waals surface area contributed by atoms with Crippen LogP contribution in [0.15, 0.2) is 84.1 Å². The highest BCUT2D eigenvalue weighted by molar-refractivity contribution is 6.30. The lowest BCUT2D eigenvalue weighted by atomic mass is 9.94. The van der Waals surface area contributed by atoms with E-state index in [4.69, 9.17) is 16.6 Å². The van der Waals surface area contributed by atoms with Crippen LogP contribution in [0, 0.1) is 5.82 Å². The number of hydrogen-bond donors (Lipinski definition) is 2. The average Bonchev–Trinajstić information content (AvgIpc) is 3.13. The van der Waals surface area contributed by atoms with Gasteiger partial charge in [0.1, 0.15) is 5.82 Å². The first-order chi connectivity index (χ1) is 15.0. The summed E-state index contributed by atoms with van der Waals surface area (Å²) in [6.45, 7) is 1.85. The first-order valence-corrected chi connectivity index (χ1v) is 10.2. The lowest BCUT2D eigenvalue weighted by molar-refractivity contribution is -0.113. The van der Waals surface area contributed by atoms with Crippen LogP contribution >= 0.6 is 11.6 Å². The lowest BCUT2D eigenvalue weighted by Gasteiger charge is -2.30. The molecule has 1 amide bonds. The molecule has 0 fully saturated rings. The number of nitrogens with zero attached hydrogens (tertiary/aromatic N) is 2. The molecule has 1 aromatic heterocycles. The van der Waals surface area contributed by atoms with Crippen molar-refractivity contribution in [2.45, 2.75) is 13.0 Å². The van der Waals surface area contributed by atoms with Crippen LogP contribution in [-0.2, 0) is 4.79 Å². The fourth-order valence-corrected chi connectivity index (χ4v) is 4.08. The second-order valence-corrected chi connectivity index (χ2v) is 7.81. The van der Waals surface area contributed by atoms with Gasteiger partial charge in [0, 0.05) is 16.4 Å². The molecule has 0 bridgehead atoms. The van der Waals surface area contributed by atoms with Crippen LogP contribution in [-0.4, -0.2) is 15.5 Å². The molecular weight excluding hydrogens is 415 g/mol. The Hall–Kier alpha value is -3.64. The van der Waals surface area contributed by atoms with E-state index in [-0.39, 0.29) is 11.7 Å². The van der Waals surface area contributed by atoms with Crippen molar-refractivity contribution in [2.24, 2.45) is 0 Å². The van der Waals surface area contributed by atoms with Crippen molar-refractivity contribution in [3.8, 4) is 0 Å². The molecule has 7 heteroatoms. The van der Waals surface area contributed by atoms with Gasteiger partial charge < -0.3 is 10.6 Å². The molecule has 0 radical (unpaired) electrons. The highest BCUT2D eigenvalue weighted by atomic mass is 35.5. The number of anilines is 2. The van der Waals surface area contributed by atoms with E-state index in [0.29, 0.717) is 27.9 Å². The fraction of sp³-hybridized carbons (Fsp3) is 0.0833. The molecule has 0 saturated carbocycles. The van der Waals surface area contributed by atoms with E-state index in [0.717, 1.165) is 16.6 Å². The number of carbonyl (C=O) groups is 1. The number of aromatic nitrogens is 2. The molecule has 0 saturated heterocycles. The first kappa shape index (κ1) is 19.3. The number of hydrogen-bond acceptors (Lipinski definition) is 3. The highest BCUT2D eigenvalue weighted by Gasteiger charge is 2.34. The van der Waals surface area contributed by atoms with Gasteiger partial charge in [0.05, 0.1) is 22.6 Å². The zero-order valence-electron chi connectivity index (χ0n) is 16.6. The van der Waals surface area contributed by atoms with Crippen LogP contribution in [0.25, 0.3) is 11.0 Å². The number of amides is 1. The molecule has 2 N–H and O–H groups in total. The van der Waals surface area contributed by atoms with Crippen LogP contribution in [0.1, 0.15) is 18.5 Å². The molecule has 1 aliphatic heterocycles. The Labute approximate surface area is 183 Å². The molecule has 4 aromatic rings. The van der Waals surface area contributed by atoms with E-state index in [1.807, 2.05) is 60.0 Å². The van der Waals surface area contributed by atoms with Crippen molar-refractivity contribution in [3.05, 3.63) is 100 Å². The summed E-state index contributed by atoms with van der Waals surface area (Å²) in [4.78, 5) is 18.1. The molecule has 154 valence electrons. The van der Waals surface area contributed by atoms with Crippen LogP contribution in [0.3, 0.4) is 0 Å². The van der Waals surface area contributed by atoms with Gasteiger partial charge in [0.15, 0.2) is 0 Å². The van der Waals surface area contributed by atoms with Gasteiger partial charge in [-0.3, -0.25) is 9.36 Å². The van der Waals surface area contributed by atoms with Gasteiger partial charge in [-0.1, -0.05) is 35.9 Å². The Bertz CT molecular complexity index is 1330. The number of para-hydroxylation sites is 2. The van der Waals surface area contributed by atoms with Crippen molar-refractivity contribution in [2.75, 3.05) is 10.6 Å². The van der Waals surface area contributed by atoms with E-state index < -0.39 is 6.04 Å². The summed E-state index contributed by atoms with van der Waals surface area (Å²) in [6, 6.07) is 20.5. The monoisotopic (exact) mass is 432 g/mol. The van der Waals surface area contributed by atoms with E-state index in [2.05, 4.69) is 10.6 Å². The maximum absolute atomic E-state index is 13.4. The van der Waals surface area contributed by atoms with Crippen LogP contribution in [0.4, 0.5) is 16.0 Å². The number of fused-ring (bicyclic) bond motifs is 3. The summed E-state index contributed by atoms with van der Waals surface area (Å²) in [7, 11) is 0. The minimum Gasteiger partial charge on any atom is -0.329 e. The van der Waals surface area contributed by atoms with Gasteiger partial charge in [-0.15, -0.1) is 0 Å². The summed E-state index contributed by atoms with van der Waals surface area (Å²) in [5, 5.41) is 6.78. The minimum absolute atomic E-state index is 0.278. The zero-order chi connectivity index (χ0) is 21.5. The molecule has 5 rings (SSSR count). The quantitative estimate of drug-likeness (QED) is 0.433. The van der Waals surface area contributed by atoms with Crippen molar-refractivity contribution < 1.29 is 9.18 Å². The third-order valence-corrected chi connectivity index (χ3v) is 5.62. The Morgan fingerprint density at radius 3 is 2.52 bits per heavy atom. The maximum atomic E-state index is 13.4. The number of rotatable bonds is 3. The number of nitrogens with one attached hydrogen (secondary N) is 2. The van der Waals surface area contributed by atoms with Crippen LogP contribution in [0.5, 0.6) is 0 Å². The normalized spacial score (nSPS) is 15.5. The third-order valence-electron chi connectivity index (χ3n) is 5.36. The Kier molecular flexibility index (Phi) is 4.71. The van der Waals surface area contributed by atoms with Crippen molar-refractivity contribution in [1.29, 1.82) is 0 Å². The zero-order valence-corrected chi connectivity index (χ0v) is 17.3. The number of carbonyl (C=O) groups excluding carboxylic acids is 1. The van der Waals surface area contributed by atoms with Gasteiger partial charge in [-0.05, 0) is 61.0 Å². The van der Waals surface area contributed by atoms with Gasteiger partial charge >= 0.3 is 0 Å². The summed E-state index contributed by atoms with van der Waals surface area (Å²) >= 11 is 6.12. The van der Waals surface area contributed by atoms with Gasteiger partial charge in [0.2, 0.25) is 5.95 Å².